The third-order valence-electron chi connectivity index (χ3n) is 10.9. The van der Waals surface area contributed by atoms with Gasteiger partial charge in [-0.05, 0) is 94.9 Å². The van der Waals surface area contributed by atoms with Gasteiger partial charge >= 0.3 is 0 Å². The summed E-state index contributed by atoms with van der Waals surface area (Å²) in [5.74, 6) is 1.70. The Morgan fingerprint density at radius 1 is 0.604 bits per heavy atom. The van der Waals surface area contributed by atoms with Crippen LogP contribution in [0.15, 0.2) is 204 Å². The quantitative estimate of drug-likeness (QED) is 0.163. The molecule has 3 heteroatoms. The first-order valence-corrected chi connectivity index (χ1v) is 18.1. The molecule has 0 fully saturated rings. The number of benzene rings is 7. The third-order valence-corrected chi connectivity index (χ3v) is 10.9. The molecule has 0 N–H and O–H groups in total. The second-order valence-corrected chi connectivity index (χ2v) is 13.7. The maximum atomic E-state index is 6.61. The van der Waals surface area contributed by atoms with Crippen LogP contribution in [0, 0.1) is 0 Å². The minimum atomic E-state index is -0.556. The minimum Gasteiger partial charge on any atom is -0.457 e. The van der Waals surface area contributed by atoms with Gasteiger partial charge in [0.15, 0.2) is 0 Å². The van der Waals surface area contributed by atoms with Crippen molar-refractivity contribution in [3.63, 3.8) is 0 Å². The average molecular weight is 682 g/mol. The van der Waals surface area contributed by atoms with Crippen LogP contribution in [0.3, 0.4) is 0 Å². The zero-order valence-electron chi connectivity index (χ0n) is 29.3. The summed E-state index contributed by atoms with van der Waals surface area (Å²) in [6.45, 7) is 6.16. The molecule has 53 heavy (non-hydrogen) atoms. The van der Waals surface area contributed by atoms with Crippen molar-refractivity contribution in [1.29, 1.82) is 0 Å². The van der Waals surface area contributed by atoms with E-state index < -0.39 is 5.41 Å². The molecule has 0 saturated heterocycles. The summed E-state index contributed by atoms with van der Waals surface area (Å²) >= 11 is 0. The molecule has 3 nitrogen and oxygen atoms in total. The first kappa shape index (κ1) is 30.9. The van der Waals surface area contributed by atoms with E-state index in [0.717, 1.165) is 72.8 Å². The summed E-state index contributed by atoms with van der Waals surface area (Å²) < 4.78 is 12.9. The fourth-order valence-corrected chi connectivity index (χ4v) is 8.78. The summed E-state index contributed by atoms with van der Waals surface area (Å²) in [4.78, 5) is 2.41. The number of ether oxygens (including phenoxy) is 1. The summed E-state index contributed by atoms with van der Waals surface area (Å²) in [5, 5.41) is 2.25. The molecular weight excluding hydrogens is 647 g/mol. The first-order chi connectivity index (χ1) is 26.2. The molecule has 8 aromatic rings. The molecule has 1 aliphatic heterocycles. The Morgan fingerprint density at radius 2 is 1.28 bits per heavy atom. The number of allylic oxidation sites excluding steroid dienone is 4. The van der Waals surface area contributed by atoms with Crippen molar-refractivity contribution < 1.29 is 9.15 Å². The molecule has 1 unspecified atom stereocenters. The summed E-state index contributed by atoms with van der Waals surface area (Å²) in [5.41, 5.74) is 14.0. The Balaban J connectivity index is 1.24. The van der Waals surface area contributed by atoms with Crippen LogP contribution in [0.25, 0.3) is 44.2 Å². The second-order valence-electron chi connectivity index (χ2n) is 13.7. The van der Waals surface area contributed by atoms with Crippen molar-refractivity contribution in [2.45, 2.75) is 12.3 Å². The van der Waals surface area contributed by atoms with Crippen LogP contribution in [0.2, 0.25) is 0 Å². The largest absolute Gasteiger partial charge is 0.457 e. The second kappa shape index (κ2) is 12.1. The number of para-hydroxylation sites is 3. The number of hydrogen-bond acceptors (Lipinski definition) is 3. The molecule has 1 spiro atoms. The molecule has 2 heterocycles. The zero-order valence-corrected chi connectivity index (χ0v) is 29.3. The lowest BCUT2D eigenvalue weighted by Gasteiger charge is -2.39. The monoisotopic (exact) mass is 681 g/mol. The number of nitrogens with zero attached hydrogens (tertiary/aromatic N) is 1. The van der Waals surface area contributed by atoms with E-state index in [1.165, 1.54) is 22.3 Å². The minimum absolute atomic E-state index is 0.556. The van der Waals surface area contributed by atoms with E-state index in [4.69, 9.17) is 9.15 Å². The smallest absolute Gasteiger partial charge is 0.136 e. The number of rotatable bonds is 6. The normalized spacial score (nSPS) is 15.8. The van der Waals surface area contributed by atoms with Gasteiger partial charge in [-0.3, -0.25) is 0 Å². The Labute approximate surface area is 309 Å². The van der Waals surface area contributed by atoms with Gasteiger partial charge < -0.3 is 14.1 Å². The first-order valence-electron chi connectivity index (χ1n) is 18.1. The highest BCUT2D eigenvalue weighted by Gasteiger charge is 2.51. The average Bonchev–Trinajstić information content (AvgIpc) is 3.74. The molecule has 1 aromatic heterocycles. The van der Waals surface area contributed by atoms with Crippen molar-refractivity contribution in [2.24, 2.45) is 0 Å². The zero-order chi connectivity index (χ0) is 35.5. The van der Waals surface area contributed by atoms with E-state index in [0.29, 0.717) is 0 Å². The number of hydrogen-bond donors (Lipinski definition) is 0. The van der Waals surface area contributed by atoms with Gasteiger partial charge in [-0.2, -0.15) is 0 Å². The van der Waals surface area contributed by atoms with Gasteiger partial charge in [0.1, 0.15) is 22.7 Å². The van der Waals surface area contributed by atoms with Crippen LogP contribution in [-0.2, 0) is 5.41 Å². The van der Waals surface area contributed by atoms with E-state index in [2.05, 4.69) is 170 Å². The molecule has 252 valence electrons. The van der Waals surface area contributed by atoms with Gasteiger partial charge in [-0.1, -0.05) is 134 Å². The van der Waals surface area contributed by atoms with Crippen LogP contribution in [0.4, 0.5) is 17.1 Å². The lowest BCUT2D eigenvalue weighted by molar-refractivity contribution is 0.399. The van der Waals surface area contributed by atoms with Crippen LogP contribution in [0.5, 0.6) is 5.75 Å². The molecule has 0 radical (unpaired) electrons. The Bertz CT molecular complexity index is 2800. The van der Waals surface area contributed by atoms with E-state index in [1.54, 1.807) is 6.08 Å². The predicted molar refractivity (Wildman–Crippen MR) is 218 cm³/mol. The highest BCUT2D eigenvalue weighted by atomic mass is 16.5. The Kier molecular flexibility index (Phi) is 7.09. The van der Waals surface area contributed by atoms with Gasteiger partial charge in [-0.15, -0.1) is 0 Å². The fourth-order valence-electron chi connectivity index (χ4n) is 8.78. The standard InChI is InChI=1S/C50H35NO2/c1-3-4-28-44-33(2)50(41-25-11-13-30-46(41)52-44)40-24-10-8-21-38(40)49-42(50)26-16-27-43(49)51(35-18-6-5-7-19-35)36-20-14-17-34(32-36)37-23-15-31-47-48(37)39-22-9-12-29-45(39)53-47/h3-32H,1H2,2H3/b28-4-. The summed E-state index contributed by atoms with van der Waals surface area (Å²) in [6.07, 6.45) is 5.79. The topological polar surface area (TPSA) is 25.6 Å². The van der Waals surface area contributed by atoms with E-state index in [1.807, 2.05) is 24.3 Å². The molecule has 2 aliphatic rings. The molecular formula is C50H35NO2. The fraction of sp³-hybridized carbons (Fsp3) is 0.0400. The van der Waals surface area contributed by atoms with Gasteiger partial charge in [0.05, 0.1) is 11.1 Å². The van der Waals surface area contributed by atoms with Crippen molar-refractivity contribution in [2.75, 3.05) is 4.90 Å². The van der Waals surface area contributed by atoms with Crippen molar-refractivity contribution in [3.8, 4) is 28.0 Å². The van der Waals surface area contributed by atoms with Crippen molar-refractivity contribution in [1.82, 2.24) is 0 Å². The van der Waals surface area contributed by atoms with E-state index in [9.17, 15) is 0 Å². The summed E-state index contributed by atoms with van der Waals surface area (Å²) in [6, 6.07) is 58.4. The Hall–Kier alpha value is -6.84. The van der Waals surface area contributed by atoms with E-state index >= 15 is 0 Å². The number of anilines is 3. The lowest BCUT2D eigenvalue weighted by atomic mass is 9.66. The maximum Gasteiger partial charge on any atom is 0.136 e. The molecule has 0 bridgehead atoms. The third kappa shape index (κ3) is 4.54. The maximum absolute atomic E-state index is 6.61. The SMILES string of the molecule is C=C/C=C\C1=C(C)C2(c3ccccc3O1)c1ccccc1-c1c(N(c3ccccc3)c3cccc(-c4cccc5oc6ccccc6c45)c3)cccc12. The molecule has 1 aliphatic carbocycles. The molecule has 0 saturated carbocycles. The molecule has 10 rings (SSSR count). The molecule has 0 amide bonds. The van der Waals surface area contributed by atoms with Crippen molar-refractivity contribution in [3.05, 3.63) is 217 Å². The van der Waals surface area contributed by atoms with Crippen LogP contribution < -0.4 is 9.64 Å². The molecule has 1 atom stereocenters. The van der Waals surface area contributed by atoms with Crippen LogP contribution in [0.1, 0.15) is 23.6 Å². The van der Waals surface area contributed by atoms with Crippen molar-refractivity contribution >= 4 is 39.0 Å². The van der Waals surface area contributed by atoms with Crippen LogP contribution in [-0.4, -0.2) is 0 Å². The van der Waals surface area contributed by atoms with Gasteiger partial charge in [0.25, 0.3) is 0 Å². The molecule has 7 aromatic carbocycles. The van der Waals surface area contributed by atoms with Gasteiger partial charge in [0, 0.05) is 33.3 Å². The van der Waals surface area contributed by atoms with Gasteiger partial charge in [0.2, 0.25) is 0 Å². The lowest BCUT2D eigenvalue weighted by Crippen LogP contribution is -2.33. The van der Waals surface area contributed by atoms with Gasteiger partial charge in [-0.25, -0.2) is 0 Å². The highest BCUT2D eigenvalue weighted by Crippen LogP contribution is 2.62. The van der Waals surface area contributed by atoms with Crippen LogP contribution >= 0.6 is 0 Å². The Morgan fingerprint density at radius 3 is 2.17 bits per heavy atom. The van der Waals surface area contributed by atoms with E-state index in [-0.39, 0.29) is 0 Å². The summed E-state index contributed by atoms with van der Waals surface area (Å²) in [7, 11) is 0. The highest BCUT2D eigenvalue weighted by molar-refractivity contribution is 6.12. The number of fused-ring (bicyclic) bond motifs is 10. The predicted octanol–water partition coefficient (Wildman–Crippen LogP) is 13.4. The number of furan rings is 1.